The van der Waals surface area contributed by atoms with Crippen LogP contribution in [0.4, 0.5) is 0 Å². The van der Waals surface area contributed by atoms with Crippen molar-refractivity contribution in [1.29, 1.82) is 0 Å². The molecule has 2 rings (SSSR count). The van der Waals surface area contributed by atoms with E-state index in [4.69, 9.17) is 4.74 Å². The number of hydrogen-bond acceptors (Lipinski definition) is 3. The van der Waals surface area contributed by atoms with Crippen LogP contribution in [0.1, 0.15) is 44.7 Å². The van der Waals surface area contributed by atoms with E-state index in [0.29, 0.717) is 24.8 Å². The molecule has 0 aliphatic rings. The summed E-state index contributed by atoms with van der Waals surface area (Å²) in [5.74, 6) is 0.682. The number of amides is 2. The van der Waals surface area contributed by atoms with Crippen LogP contribution in [-0.4, -0.2) is 35.9 Å². The summed E-state index contributed by atoms with van der Waals surface area (Å²) in [5, 5.41) is 2.78. The molecule has 5 heteroatoms. The number of benzene rings is 2. The second kappa shape index (κ2) is 10.5. The van der Waals surface area contributed by atoms with E-state index >= 15 is 0 Å². The van der Waals surface area contributed by atoms with Gasteiger partial charge in [0.25, 0.3) is 5.91 Å². The summed E-state index contributed by atoms with van der Waals surface area (Å²) in [4.78, 5) is 26.7. The van der Waals surface area contributed by atoms with Crippen LogP contribution < -0.4 is 10.1 Å². The minimum atomic E-state index is -0.584. The first kappa shape index (κ1) is 21.5. The molecule has 2 aromatic rings. The van der Waals surface area contributed by atoms with E-state index < -0.39 is 6.04 Å². The molecule has 0 radical (unpaired) electrons. The Hall–Kier alpha value is -2.82. The Balaban J connectivity index is 2.07. The summed E-state index contributed by atoms with van der Waals surface area (Å²) in [6, 6.07) is 16.8. The zero-order valence-corrected chi connectivity index (χ0v) is 17.1. The van der Waals surface area contributed by atoms with E-state index in [0.717, 1.165) is 5.56 Å². The fraction of sp³-hybridized carbons (Fsp3) is 0.391. The van der Waals surface area contributed by atoms with Gasteiger partial charge in [-0.3, -0.25) is 9.59 Å². The highest BCUT2D eigenvalue weighted by Crippen LogP contribution is 2.19. The Bertz CT molecular complexity index is 757. The molecule has 0 aromatic heterocycles. The smallest absolute Gasteiger partial charge is 0.261 e. The lowest BCUT2D eigenvalue weighted by molar-refractivity contribution is -0.142. The molecule has 150 valence electrons. The summed E-state index contributed by atoms with van der Waals surface area (Å²) in [6.45, 7) is 8.62. The zero-order chi connectivity index (χ0) is 20.5. The van der Waals surface area contributed by atoms with Gasteiger partial charge < -0.3 is 15.0 Å². The number of ether oxygens (including phenoxy) is 1. The Morgan fingerprint density at radius 3 is 2.21 bits per heavy atom. The van der Waals surface area contributed by atoms with E-state index in [1.807, 2.05) is 61.5 Å². The molecule has 0 saturated carbocycles. The highest BCUT2D eigenvalue weighted by atomic mass is 16.5. The summed E-state index contributed by atoms with van der Waals surface area (Å²) >= 11 is 0. The van der Waals surface area contributed by atoms with Gasteiger partial charge in [-0.05, 0) is 43.0 Å². The molecule has 2 amide bonds. The van der Waals surface area contributed by atoms with Crippen LogP contribution in [-0.2, 0) is 16.1 Å². The second-order valence-electron chi connectivity index (χ2n) is 7.09. The number of carbonyl (C=O) groups is 2. The van der Waals surface area contributed by atoms with E-state index in [1.165, 1.54) is 5.56 Å². The molecule has 0 aliphatic heterocycles. The third-order valence-corrected chi connectivity index (χ3v) is 4.62. The van der Waals surface area contributed by atoms with E-state index in [1.54, 1.807) is 11.8 Å². The van der Waals surface area contributed by atoms with Crippen molar-refractivity contribution >= 4 is 11.8 Å². The Kier molecular flexibility index (Phi) is 8.05. The van der Waals surface area contributed by atoms with Crippen LogP contribution in [0.2, 0.25) is 0 Å². The summed E-state index contributed by atoms with van der Waals surface area (Å²) in [5.41, 5.74) is 2.18. The molecular formula is C23H30N2O3. The van der Waals surface area contributed by atoms with Crippen LogP contribution in [0.3, 0.4) is 0 Å². The SMILES string of the molecule is CCNC(=O)C(C)N(Cc1ccccc1)C(=O)COc1ccc(C(C)C)cc1. The van der Waals surface area contributed by atoms with Gasteiger partial charge in [-0.1, -0.05) is 56.3 Å². The molecule has 0 fully saturated rings. The largest absolute Gasteiger partial charge is 0.484 e. The lowest BCUT2D eigenvalue weighted by Gasteiger charge is -2.28. The average molecular weight is 383 g/mol. The summed E-state index contributed by atoms with van der Waals surface area (Å²) in [6.07, 6.45) is 0. The normalized spacial score (nSPS) is 11.8. The maximum atomic E-state index is 12.9. The summed E-state index contributed by atoms with van der Waals surface area (Å²) < 4.78 is 5.69. The molecule has 1 N–H and O–H groups in total. The van der Waals surface area contributed by atoms with Crippen LogP contribution in [0.5, 0.6) is 5.75 Å². The molecule has 0 aliphatic carbocycles. The number of nitrogens with zero attached hydrogens (tertiary/aromatic N) is 1. The average Bonchev–Trinajstić information content (AvgIpc) is 2.71. The van der Waals surface area contributed by atoms with Gasteiger partial charge in [0.1, 0.15) is 11.8 Å². The predicted molar refractivity (Wildman–Crippen MR) is 111 cm³/mol. The first-order chi connectivity index (χ1) is 13.4. The quantitative estimate of drug-likeness (QED) is 0.719. The highest BCUT2D eigenvalue weighted by molar-refractivity contribution is 5.87. The first-order valence-electron chi connectivity index (χ1n) is 9.76. The van der Waals surface area contributed by atoms with Crippen LogP contribution in [0, 0.1) is 0 Å². The molecule has 0 heterocycles. The standard InChI is InChI=1S/C23H30N2O3/c1-5-24-23(27)18(4)25(15-19-9-7-6-8-10-19)22(26)16-28-21-13-11-20(12-14-21)17(2)3/h6-14,17-18H,5,15-16H2,1-4H3,(H,24,27). The lowest BCUT2D eigenvalue weighted by Crippen LogP contribution is -2.49. The van der Waals surface area contributed by atoms with Crippen molar-refractivity contribution in [3.8, 4) is 5.75 Å². The van der Waals surface area contributed by atoms with Crippen molar-refractivity contribution in [2.24, 2.45) is 0 Å². The Morgan fingerprint density at radius 2 is 1.64 bits per heavy atom. The van der Waals surface area contributed by atoms with Gasteiger partial charge in [0, 0.05) is 13.1 Å². The van der Waals surface area contributed by atoms with Gasteiger partial charge in [-0.25, -0.2) is 0 Å². The fourth-order valence-electron chi connectivity index (χ4n) is 2.86. The number of likely N-dealkylation sites (N-methyl/N-ethyl adjacent to an activating group) is 1. The molecule has 1 unspecified atom stereocenters. The molecule has 0 spiro atoms. The monoisotopic (exact) mass is 382 g/mol. The van der Waals surface area contributed by atoms with Crippen molar-refractivity contribution in [3.05, 3.63) is 65.7 Å². The summed E-state index contributed by atoms with van der Waals surface area (Å²) in [7, 11) is 0. The minimum Gasteiger partial charge on any atom is -0.484 e. The number of carbonyl (C=O) groups excluding carboxylic acids is 2. The van der Waals surface area contributed by atoms with Gasteiger partial charge in [0.05, 0.1) is 0 Å². The van der Waals surface area contributed by atoms with Gasteiger partial charge >= 0.3 is 0 Å². The van der Waals surface area contributed by atoms with E-state index in [-0.39, 0.29) is 18.4 Å². The molecule has 0 bridgehead atoms. The predicted octanol–water partition coefficient (Wildman–Crippen LogP) is 3.74. The van der Waals surface area contributed by atoms with Crippen molar-refractivity contribution in [2.45, 2.75) is 46.2 Å². The topological polar surface area (TPSA) is 58.6 Å². The Morgan fingerprint density at radius 1 is 1.00 bits per heavy atom. The molecule has 0 saturated heterocycles. The maximum Gasteiger partial charge on any atom is 0.261 e. The molecule has 28 heavy (non-hydrogen) atoms. The minimum absolute atomic E-state index is 0.113. The van der Waals surface area contributed by atoms with Crippen molar-refractivity contribution in [2.75, 3.05) is 13.2 Å². The van der Waals surface area contributed by atoms with Crippen molar-refractivity contribution in [1.82, 2.24) is 10.2 Å². The maximum absolute atomic E-state index is 12.9. The fourth-order valence-corrected chi connectivity index (χ4v) is 2.86. The van der Waals surface area contributed by atoms with Crippen molar-refractivity contribution in [3.63, 3.8) is 0 Å². The number of rotatable bonds is 9. The van der Waals surface area contributed by atoms with Crippen LogP contribution in [0.25, 0.3) is 0 Å². The third kappa shape index (κ3) is 6.12. The van der Waals surface area contributed by atoms with Gasteiger partial charge in [-0.2, -0.15) is 0 Å². The second-order valence-corrected chi connectivity index (χ2v) is 7.09. The van der Waals surface area contributed by atoms with E-state index in [2.05, 4.69) is 19.2 Å². The van der Waals surface area contributed by atoms with Gasteiger partial charge in [0.15, 0.2) is 6.61 Å². The van der Waals surface area contributed by atoms with Crippen molar-refractivity contribution < 1.29 is 14.3 Å². The van der Waals surface area contributed by atoms with Crippen LogP contribution >= 0.6 is 0 Å². The Labute approximate surface area is 167 Å². The molecule has 1 atom stereocenters. The first-order valence-corrected chi connectivity index (χ1v) is 9.76. The van der Waals surface area contributed by atoms with Gasteiger partial charge in [0.2, 0.25) is 5.91 Å². The number of nitrogens with one attached hydrogen (secondary N) is 1. The highest BCUT2D eigenvalue weighted by Gasteiger charge is 2.26. The molecular weight excluding hydrogens is 352 g/mol. The van der Waals surface area contributed by atoms with E-state index in [9.17, 15) is 9.59 Å². The third-order valence-electron chi connectivity index (χ3n) is 4.62. The number of hydrogen-bond donors (Lipinski definition) is 1. The van der Waals surface area contributed by atoms with Crippen LogP contribution in [0.15, 0.2) is 54.6 Å². The molecule has 5 nitrogen and oxygen atoms in total. The zero-order valence-electron chi connectivity index (χ0n) is 17.1. The molecule has 2 aromatic carbocycles. The van der Waals surface area contributed by atoms with Gasteiger partial charge in [-0.15, -0.1) is 0 Å². The lowest BCUT2D eigenvalue weighted by atomic mass is 10.0.